The zero-order valence-electron chi connectivity index (χ0n) is 13.8. The average molecular weight is 303 g/mol. The van der Waals surface area contributed by atoms with E-state index in [2.05, 4.69) is 17.1 Å². The van der Waals surface area contributed by atoms with E-state index in [0.29, 0.717) is 0 Å². The van der Waals surface area contributed by atoms with Crippen LogP contribution in [0, 0.1) is 12.8 Å². The molecular formula is C18H29N3O. The van der Waals surface area contributed by atoms with Crippen molar-refractivity contribution in [3.05, 3.63) is 35.4 Å². The molecule has 1 atom stereocenters. The van der Waals surface area contributed by atoms with Gasteiger partial charge in [0.2, 0.25) is 5.91 Å². The van der Waals surface area contributed by atoms with Gasteiger partial charge in [-0.05, 0) is 57.3 Å². The van der Waals surface area contributed by atoms with Gasteiger partial charge in [0.25, 0.3) is 0 Å². The lowest BCUT2D eigenvalue weighted by Crippen LogP contribution is -2.37. The molecule has 1 aliphatic rings. The molecule has 0 radical (unpaired) electrons. The molecule has 4 heteroatoms. The minimum Gasteiger partial charge on any atom is -0.354 e. The SMILES string of the molecule is CCN1CCC(CCNC(=O)C(N)c2ccc(C)cc2)CC1. The van der Waals surface area contributed by atoms with Crippen molar-refractivity contribution in [3.8, 4) is 0 Å². The Hall–Kier alpha value is -1.39. The van der Waals surface area contributed by atoms with E-state index in [1.54, 1.807) is 0 Å². The summed E-state index contributed by atoms with van der Waals surface area (Å²) in [6.45, 7) is 8.51. The molecule has 2 rings (SSSR count). The van der Waals surface area contributed by atoms with Crippen LogP contribution in [-0.4, -0.2) is 37.0 Å². The van der Waals surface area contributed by atoms with Gasteiger partial charge in [-0.3, -0.25) is 4.79 Å². The normalized spacial score (nSPS) is 18.1. The molecule has 1 heterocycles. The Balaban J connectivity index is 1.70. The molecule has 0 saturated carbocycles. The van der Waals surface area contributed by atoms with E-state index < -0.39 is 6.04 Å². The highest BCUT2D eigenvalue weighted by atomic mass is 16.2. The van der Waals surface area contributed by atoms with E-state index in [0.717, 1.165) is 31.0 Å². The number of nitrogens with two attached hydrogens (primary N) is 1. The lowest BCUT2D eigenvalue weighted by Gasteiger charge is -2.31. The van der Waals surface area contributed by atoms with Crippen molar-refractivity contribution >= 4 is 5.91 Å². The zero-order valence-corrected chi connectivity index (χ0v) is 13.8. The Morgan fingerprint density at radius 1 is 1.32 bits per heavy atom. The molecule has 1 amide bonds. The third-order valence-electron chi connectivity index (χ3n) is 4.73. The van der Waals surface area contributed by atoms with Crippen LogP contribution < -0.4 is 11.1 Å². The van der Waals surface area contributed by atoms with Gasteiger partial charge in [-0.1, -0.05) is 36.8 Å². The van der Waals surface area contributed by atoms with Gasteiger partial charge in [0.05, 0.1) is 0 Å². The number of aryl methyl sites for hydroxylation is 1. The highest BCUT2D eigenvalue weighted by Gasteiger charge is 2.19. The van der Waals surface area contributed by atoms with Gasteiger partial charge >= 0.3 is 0 Å². The molecule has 0 aromatic heterocycles. The average Bonchev–Trinajstić information content (AvgIpc) is 2.55. The minimum atomic E-state index is -0.567. The van der Waals surface area contributed by atoms with E-state index >= 15 is 0 Å². The molecule has 0 aliphatic carbocycles. The predicted molar refractivity (Wildman–Crippen MR) is 90.6 cm³/mol. The second-order valence-electron chi connectivity index (χ2n) is 6.35. The first-order chi connectivity index (χ1) is 10.6. The fraction of sp³-hybridized carbons (Fsp3) is 0.611. The van der Waals surface area contributed by atoms with Gasteiger partial charge in [0, 0.05) is 6.54 Å². The molecule has 22 heavy (non-hydrogen) atoms. The molecule has 0 spiro atoms. The number of hydrogen-bond acceptors (Lipinski definition) is 3. The van der Waals surface area contributed by atoms with E-state index in [9.17, 15) is 4.79 Å². The van der Waals surface area contributed by atoms with E-state index in [4.69, 9.17) is 5.73 Å². The van der Waals surface area contributed by atoms with Gasteiger partial charge in [-0.25, -0.2) is 0 Å². The minimum absolute atomic E-state index is 0.0742. The monoisotopic (exact) mass is 303 g/mol. The molecule has 1 unspecified atom stereocenters. The quantitative estimate of drug-likeness (QED) is 0.847. The summed E-state index contributed by atoms with van der Waals surface area (Å²) in [5.41, 5.74) is 8.08. The summed E-state index contributed by atoms with van der Waals surface area (Å²) < 4.78 is 0. The number of rotatable bonds is 6. The lowest BCUT2D eigenvalue weighted by atomic mass is 9.93. The zero-order chi connectivity index (χ0) is 15.9. The summed E-state index contributed by atoms with van der Waals surface area (Å²) in [6.07, 6.45) is 3.55. The van der Waals surface area contributed by atoms with Crippen LogP contribution in [0.15, 0.2) is 24.3 Å². The number of nitrogens with one attached hydrogen (secondary N) is 1. The lowest BCUT2D eigenvalue weighted by molar-refractivity contribution is -0.122. The van der Waals surface area contributed by atoms with Crippen molar-refractivity contribution in [2.75, 3.05) is 26.2 Å². The van der Waals surface area contributed by atoms with Gasteiger partial charge in [0.15, 0.2) is 0 Å². The fourth-order valence-corrected chi connectivity index (χ4v) is 3.03. The highest BCUT2D eigenvalue weighted by molar-refractivity contribution is 5.82. The Morgan fingerprint density at radius 3 is 2.55 bits per heavy atom. The molecule has 4 nitrogen and oxygen atoms in total. The summed E-state index contributed by atoms with van der Waals surface area (Å²) in [5, 5.41) is 2.99. The maximum absolute atomic E-state index is 12.1. The van der Waals surface area contributed by atoms with Crippen LogP contribution in [0.2, 0.25) is 0 Å². The summed E-state index contributed by atoms with van der Waals surface area (Å²) in [7, 11) is 0. The molecule has 1 saturated heterocycles. The summed E-state index contributed by atoms with van der Waals surface area (Å²) >= 11 is 0. The van der Waals surface area contributed by atoms with Crippen molar-refractivity contribution in [3.63, 3.8) is 0 Å². The number of hydrogen-bond donors (Lipinski definition) is 2. The number of nitrogens with zero attached hydrogens (tertiary/aromatic N) is 1. The molecule has 1 fully saturated rings. The van der Waals surface area contributed by atoms with Gasteiger partial charge in [-0.15, -0.1) is 0 Å². The Morgan fingerprint density at radius 2 is 1.95 bits per heavy atom. The molecule has 122 valence electrons. The first-order valence-electron chi connectivity index (χ1n) is 8.42. The maximum atomic E-state index is 12.1. The van der Waals surface area contributed by atoms with Crippen LogP contribution in [0.25, 0.3) is 0 Å². The number of carbonyl (C=O) groups excluding carboxylic acids is 1. The molecule has 1 aliphatic heterocycles. The van der Waals surface area contributed by atoms with Crippen LogP contribution >= 0.6 is 0 Å². The van der Waals surface area contributed by atoms with E-state index in [-0.39, 0.29) is 5.91 Å². The number of carbonyl (C=O) groups is 1. The van der Waals surface area contributed by atoms with Crippen LogP contribution in [0.1, 0.15) is 43.4 Å². The summed E-state index contributed by atoms with van der Waals surface area (Å²) in [5.74, 6) is 0.661. The Kier molecular flexibility index (Phi) is 6.40. The first-order valence-corrected chi connectivity index (χ1v) is 8.42. The maximum Gasteiger partial charge on any atom is 0.241 e. The highest BCUT2D eigenvalue weighted by Crippen LogP contribution is 2.19. The van der Waals surface area contributed by atoms with Crippen LogP contribution in [0.4, 0.5) is 0 Å². The second-order valence-corrected chi connectivity index (χ2v) is 6.35. The van der Waals surface area contributed by atoms with Crippen molar-refractivity contribution in [2.45, 2.75) is 39.2 Å². The predicted octanol–water partition coefficient (Wildman–Crippen LogP) is 2.23. The van der Waals surface area contributed by atoms with Crippen molar-refractivity contribution < 1.29 is 4.79 Å². The topological polar surface area (TPSA) is 58.4 Å². The molecule has 1 aromatic rings. The fourth-order valence-electron chi connectivity index (χ4n) is 3.03. The van der Waals surface area contributed by atoms with Gasteiger partial charge in [-0.2, -0.15) is 0 Å². The third-order valence-corrected chi connectivity index (χ3v) is 4.73. The van der Waals surface area contributed by atoms with Gasteiger partial charge < -0.3 is 16.0 Å². The first kappa shape index (κ1) is 17.0. The van der Waals surface area contributed by atoms with Crippen molar-refractivity contribution in [1.29, 1.82) is 0 Å². The largest absolute Gasteiger partial charge is 0.354 e. The van der Waals surface area contributed by atoms with Crippen LogP contribution in [-0.2, 0) is 4.79 Å². The second kappa shape index (κ2) is 8.30. The Bertz CT molecular complexity index is 464. The van der Waals surface area contributed by atoms with Crippen molar-refractivity contribution in [2.24, 2.45) is 11.7 Å². The molecular weight excluding hydrogens is 274 g/mol. The number of piperidine rings is 1. The molecule has 3 N–H and O–H groups in total. The standard InChI is InChI=1S/C18H29N3O/c1-3-21-12-9-15(10-13-21)8-11-20-18(22)17(19)16-6-4-14(2)5-7-16/h4-7,15,17H,3,8-13,19H2,1-2H3,(H,20,22). The number of benzene rings is 1. The Labute approximate surface area is 134 Å². The van der Waals surface area contributed by atoms with Crippen molar-refractivity contribution in [1.82, 2.24) is 10.2 Å². The van der Waals surface area contributed by atoms with E-state index in [1.807, 2.05) is 31.2 Å². The van der Waals surface area contributed by atoms with Crippen LogP contribution in [0.3, 0.4) is 0 Å². The summed E-state index contributed by atoms with van der Waals surface area (Å²) in [6, 6.07) is 7.27. The number of amides is 1. The van der Waals surface area contributed by atoms with Gasteiger partial charge in [0.1, 0.15) is 6.04 Å². The van der Waals surface area contributed by atoms with Crippen LogP contribution in [0.5, 0.6) is 0 Å². The number of likely N-dealkylation sites (tertiary alicyclic amines) is 1. The van der Waals surface area contributed by atoms with E-state index in [1.165, 1.54) is 31.5 Å². The molecule has 1 aromatic carbocycles. The third kappa shape index (κ3) is 4.82. The summed E-state index contributed by atoms with van der Waals surface area (Å²) in [4.78, 5) is 14.6. The molecule has 0 bridgehead atoms. The smallest absolute Gasteiger partial charge is 0.241 e.